The van der Waals surface area contributed by atoms with Crippen LogP contribution < -0.4 is 0 Å². The maximum absolute atomic E-state index is 12.5. The van der Waals surface area contributed by atoms with Crippen molar-refractivity contribution in [3.63, 3.8) is 0 Å². The summed E-state index contributed by atoms with van der Waals surface area (Å²) in [6, 6.07) is -0.873. The molecule has 21 heavy (non-hydrogen) atoms. The number of piperidine rings is 1. The third kappa shape index (κ3) is 4.82. The molecule has 1 aliphatic heterocycles. The van der Waals surface area contributed by atoms with Crippen LogP contribution >= 0.6 is 0 Å². The zero-order valence-corrected chi connectivity index (χ0v) is 12.6. The Morgan fingerprint density at radius 1 is 1.43 bits per heavy atom. The number of hydrogen-bond acceptors (Lipinski definition) is 3. The Morgan fingerprint density at radius 3 is 2.43 bits per heavy atom. The number of carboxylic acids is 1. The summed E-state index contributed by atoms with van der Waals surface area (Å²) in [5.74, 6) is -2.02. The number of rotatable bonds is 5. The molecule has 0 amide bonds. The highest BCUT2D eigenvalue weighted by Gasteiger charge is 2.42. The fourth-order valence-electron chi connectivity index (χ4n) is 2.21. The lowest BCUT2D eigenvalue weighted by Gasteiger charge is -2.36. The van der Waals surface area contributed by atoms with Crippen LogP contribution in [0.25, 0.3) is 0 Å². The quantitative estimate of drug-likeness (QED) is 0.823. The first kappa shape index (κ1) is 18.2. The van der Waals surface area contributed by atoms with Gasteiger partial charge in [-0.3, -0.25) is 4.79 Å². The first-order valence-corrected chi connectivity index (χ1v) is 7.91. The highest BCUT2D eigenvalue weighted by Crippen LogP contribution is 2.26. The van der Waals surface area contributed by atoms with Gasteiger partial charge in [0.2, 0.25) is 0 Å². The summed E-state index contributed by atoms with van der Waals surface area (Å²) in [5, 5.41) is 8.94. The minimum absolute atomic E-state index is 0.0349. The standard InChI is InChI=1S/C11H19F3N2O4S/c1-8(2)16(7-11(12,13)14)21(19,20)15-5-3-4-9(6-15)10(17)18/h8-9H,3-7H2,1-2H3,(H,17,18). The van der Waals surface area contributed by atoms with E-state index in [-0.39, 0.29) is 13.1 Å². The molecule has 0 bridgehead atoms. The van der Waals surface area contributed by atoms with Crippen molar-refractivity contribution in [2.24, 2.45) is 5.92 Å². The van der Waals surface area contributed by atoms with Crippen molar-refractivity contribution >= 4 is 16.2 Å². The summed E-state index contributed by atoms with van der Waals surface area (Å²) in [5.41, 5.74) is 0. The summed E-state index contributed by atoms with van der Waals surface area (Å²) >= 11 is 0. The first-order chi connectivity index (χ1) is 9.45. The fourth-order valence-corrected chi connectivity index (χ4v) is 4.08. The van der Waals surface area contributed by atoms with Crippen molar-refractivity contribution in [3.05, 3.63) is 0 Å². The van der Waals surface area contributed by atoms with Gasteiger partial charge in [0, 0.05) is 19.1 Å². The molecule has 0 aromatic carbocycles. The summed E-state index contributed by atoms with van der Waals surface area (Å²) in [6.45, 7) is 0.858. The molecule has 1 atom stereocenters. The number of hydrogen-bond donors (Lipinski definition) is 1. The van der Waals surface area contributed by atoms with Crippen LogP contribution in [-0.2, 0) is 15.0 Å². The van der Waals surface area contributed by atoms with Crippen molar-refractivity contribution in [3.8, 4) is 0 Å². The third-order valence-corrected chi connectivity index (χ3v) is 5.39. The van der Waals surface area contributed by atoms with E-state index in [1.165, 1.54) is 13.8 Å². The third-order valence-electron chi connectivity index (χ3n) is 3.27. The molecule has 124 valence electrons. The van der Waals surface area contributed by atoms with Crippen LogP contribution in [0.3, 0.4) is 0 Å². The molecule has 0 aliphatic carbocycles. The molecule has 0 radical (unpaired) electrons. The highest BCUT2D eigenvalue weighted by atomic mass is 32.2. The molecule has 0 aromatic heterocycles. The maximum Gasteiger partial charge on any atom is 0.402 e. The van der Waals surface area contributed by atoms with Gasteiger partial charge in [0.15, 0.2) is 0 Å². The van der Waals surface area contributed by atoms with Gasteiger partial charge in [0.1, 0.15) is 6.54 Å². The van der Waals surface area contributed by atoms with E-state index in [1.54, 1.807) is 0 Å². The zero-order valence-electron chi connectivity index (χ0n) is 11.8. The minimum atomic E-state index is -4.65. The molecule has 0 saturated carbocycles. The van der Waals surface area contributed by atoms with E-state index >= 15 is 0 Å². The van der Waals surface area contributed by atoms with Crippen LogP contribution in [0.5, 0.6) is 0 Å². The van der Waals surface area contributed by atoms with Crippen LogP contribution in [0.15, 0.2) is 0 Å². The molecule has 6 nitrogen and oxygen atoms in total. The lowest BCUT2D eigenvalue weighted by Crippen LogP contribution is -2.53. The molecular formula is C11H19F3N2O4S. The maximum atomic E-state index is 12.5. The van der Waals surface area contributed by atoms with Gasteiger partial charge in [-0.2, -0.15) is 30.2 Å². The normalized spacial score (nSPS) is 22.0. The summed E-state index contributed by atoms with van der Waals surface area (Å²) in [6.07, 6.45) is -4.02. The van der Waals surface area contributed by atoms with Gasteiger partial charge in [-0.05, 0) is 26.7 Å². The molecule has 1 aliphatic rings. The van der Waals surface area contributed by atoms with Gasteiger partial charge in [-0.15, -0.1) is 0 Å². The van der Waals surface area contributed by atoms with Gasteiger partial charge in [-0.25, -0.2) is 0 Å². The van der Waals surface area contributed by atoms with Crippen molar-refractivity contribution in [2.45, 2.75) is 38.9 Å². The highest BCUT2D eigenvalue weighted by molar-refractivity contribution is 7.86. The summed E-state index contributed by atoms with van der Waals surface area (Å²) in [7, 11) is -4.34. The van der Waals surface area contributed by atoms with Gasteiger partial charge in [0.05, 0.1) is 5.92 Å². The van der Waals surface area contributed by atoms with Gasteiger partial charge < -0.3 is 5.11 Å². The molecule has 1 saturated heterocycles. The Hall–Kier alpha value is -0.870. The topological polar surface area (TPSA) is 77.9 Å². The van der Waals surface area contributed by atoms with Crippen LogP contribution in [-0.4, -0.2) is 60.0 Å². The summed E-state index contributed by atoms with van der Waals surface area (Å²) in [4.78, 5) is 10.9. The van der Waals surface area contributed by atoms with Crippen molar-refractivity contribution < 1.29 is 31.5 Å². The predicted molar refractivity (Wildman–Crippen MR) is 68.7 cm³/mol. The summed E-state index contributed by atoms with van der Waals surface area (Å²) < 4.78 is 63.5. The van der Waals surface area contributed by atoms with E-state index in [4.69, 9.17) is 5.11 Å². The first-order valence-electron chi connectivity index (χ1n) is 6.51. The van der Waals surface area contributed by atoms with E-state index in [9.17, 15) is 26.4 Å². The van der Waals surface area contributed by atoms with E-state index in [0.29, 0.717) is 17.1 Å². The van der Waals surface area contributed by atoms with Crippen molar-refractivity contribution in [1.82, 2.24) is 8.61 Å². The zero-order chi connectivity index (χ0) is 16.4. The van der Waals surface area contributed by atoms with E-state index in [0.717, 1.165) is 4.31 Å². The van der Waals surface area contributed by atoms with Crippen molar-refractivity contribution in [1.29, 1.82) is 0 Å². The second kappa shape index (κ2) is 6.49. The predicted octanol–water partition coefficient (Wildman–Crippen LogP) is 1.30. The van der Waals surface area contributed by atoms with E-state index < -0.39 is 40.9 Å². The molecule has 1 fully saturated rings. The monoisotopic (exact) mass is 332 g/mol. The Morgan fingerprint density at radius 2 is 2.00 bits per heavy atom. The van der Waals surface area contributed by atoms with Gasteiger partial charge >= 0.3 is 12.1 Å². The average Bonchev–Trinajstić information content (AvgIpc) is 2.34. The Labute approximate surface area is 121 Å². The molecule has 1 unspecified atom stereocenters. The lowest BCUT2D eigenvalue weighted by molar-refractivity contribution is -0.143. The molecule has 1 heterocycles. The number of nitrogens with zero attached hydrogens (tertiary/aromatic N) is 2. The second-order valence-electron chi connectivity index (χ2n) is 5.30. The van der Waals surface area contributed by atoms with Crippen LogP contribution in [0.2, 0.25) is 0 Å². The second-order valence-corrected chi connectivity index (χ2v) is 7.18. The number of carboxylic acid groups (broad SMARTS) is 1. The molecule has 1 N–H and O–H groups in total. The molecule has 0 spiro atoms. The number of aliphatic carboxylic acids is 1. The van der Waals surface area contributed by atoms with E-state index in [1.807, 2.05) is 0 Å². The Kier molecular flexibility index (Phi) is 5.62. The Balaban J connectivity index is 2.97. The fraction of sp³-hybridized carbons (Fsp3) is 0.909. The minimum Gasteiger partial charge on any atom is -0.481 e. The average molecular weight is 332 g/mol. The van der Waals surface area contributed by atoms with Gasteiger partial charge in [-0.1, -0.05) is 0 Å². The number of alkyl halides is 3. The molecule has 0 aromatic rings. The van der Waals surface area contributed by atoms with Crippen LogP contribution in [0.1, 0.15) is 26.7 Å². The SMILES string of the molecule is CC(C)N(CC(F)(F)F)S(=O)(=O)N1CCCC(C(=O)O)C1. The van der Waals surface area contributed by atoms with Crippen molar-refractivity contribution in [2.75, 3.05) is 19.6 Å². The van der Waals surface area contributed by atoms with Crippen LogP contribution in [0, 0.1) is 5.92 Å². The molecular weight excluding hydrogens is 313 g/mol. The van der Waals surface area contributed by atoms with Crippen LogP contribution in [0.4, 0.5) is 13.2 Å². The smallest absolute Gasteiger partial charge is 0.402 e. The number of carbonyl (C=O) groups is 1. The largest absolute Gasteiger partial charge is 0.481 e. The molecule has 1 rings (SSSR count). The number of halogens is 3. The van der Waals surface area contributed by atoms with E-state index in [2.05, 4.69) is 0 Å². The van der Waals surface area contributed by atoms with Gasteiger partial charge in [0.25, 0.3) is 10.2 Å². The molecule has 10 heteroatoms. The Bertz CT molecular complexity index is 478. The lowest BCUT2D eigenvalue weighted by atomic mass is 10.0.